The minimum absolute atomic E-state index is 0.0105. The number of aliphatic hydroxyl groups is 1. The number of carboxylic acid groups (broad SMARTS) is 3. The molecule has 2 aliphatic heterocycles. The Morgan fingerprint density at radius 2 is 1.19 bits per heavy atom. The van der Waals surface area contributed by atoms with Crippen LogP contribution in [0.4, 0.5) is 5.69 Å². The molecule has 2 aromatic carbocycles. The smallest absolute Gasteiger partial charge is 0.329 e. The van der Waals surface area contributed by atoms with Crippen molar-refractivity contribution < 1.29 is 121 Å². The number of ether oxygens (including phenoxy) is 1. The van der Waals surface area contributed by atoms with Gasteiger partial charge in [-0.1, -0.05) is 82.7 Å². The molecule has 42 nitrogen and oxygen atoms in total. The molecular formula is C72H99N17O25. The van der Waals surface area contributed by atoms with Gasteiger partial charge in [-0.05, 0) is 69.3 Å². The van der Waals surface area contributed by atoms with Crippen molar-refractivity contribution in [1.82, 2.24) is 73.7 Å². The van der Waals surface area contributed by atoms with Gasteiger partial charge in [-0.15, -0.1) is 0 Å². The molecular weight excluding hydrogens is 1500 g/mol. The number of nitrogens with two attached hydrogens (primary N) is 3. The zero-order chi connectivity index (χ0) is 84.6. The van der Waals surface area contributed by atoms with Crippen LogP contribution in [-0.4, -0.2) is 247 Å². The van der Waals surface area contributed by atoms with E-state index in [-0.39, 0.29) is 43.5 Å². The number of Topliss-reactive ketones (excluding diaryl/α,β-unsaturated/α-hetero) is 1. The number of fused-ring (bicyclic) bond motifs is 3. The lowest BCUT2D eigenvalue weighted by atomic mass is 9.96. The molecule has 114 heavy (non-hydrogen) atoms. The molecule has 3 unspecified atom stereocenters. The van der Waals surface area contributed by atoms with Crippen LogP contribution < -0.4 is 81.0 Å². The van der Waals surface area contributed by atoms with Crippen LogP contribution in [0.5, 0.6) is 0 Å². The molecule has 3 heterocycles. The topological polar surface area (TPSA) is 673 Å². The number of para-hydroxylation sites is 2. The number of aromatic nitrogens is 1. The molecule has 13 atom stereocenters. The predicted molar refractivity (Wildman–Crippen MR) is 396 cm³/mol. The number of primary amides is 1. The van der Waals surface area contributed by atoms with Crippen LogP contribution in [0.15, 0.2) is 54.7 Å². The van der Waals surface area contributed by atoms with E-state index in [0.29, 0.717) is 34.2 Å². The highest BCUT2D eigenvalue weighted by molar-refractivity contribution is 6.11. The summed E-state index contributed by atoms with van der Waals surface area (Å²) in [4.78, 5) is 278. The highest BCUT2D eigenvalue weighted by Crippen LogP contribution is 2.23. The summed E-state index contributed by atoms with van der Waals surface area (Å²) in [7, 11) is 0. The molecule has 2 saturated heterocycles. The Labute approximate surface area is 651 Å². The third-order valence-electron chi connectivity index (χ3n) is 18.4. The molecule has 2 aliphatic rings. The number of imide groups is 1. The monoisotopic (exact) mass is 1600 g/mol. The molecule has 2 bridgehead atoms. The first-order chi connectivity index (χ1) is 54.0. The summed E-state index contributed by atoms with van der Waals surface area (Å²) in [6, 6.07) is -9.96. The number of nitrogen functional groups attached to an aromatic ring is 1. The van der Waals surface area contributed by atoms with Crippen molar-refractivity contribution >= 4 is 135 Å². The van der Waals surface area contributed by atoms with Gasteiger partial charge in [0.2, 0.25) is 82.7 Å². The van der Waals surface area contributed by atoms with Gasteiger partial charge in [0, 0.05) is 47.6 Å². The molecule has 0 saturated carbocycles. The van der Waals surface area contributed by atoms with Crippen molar-refractivity contribution in [2.75, 3.05) is 32.0 Å². The highest BCUT2D eigenvalue weighted by Gasteiger charge is 2.46. The Morgan fingerprint density at radius 1 is 0.605 bits per heavy atom. The molecule has 2 fully saturated rings. The number of cyclic esters (lactones) is 1. The van der Waals surface area contributed by atoms with E-state index >= 15 is 0 Å². The lowest BCUT2D eigenvalue weighted by molar-refractivity contribution is -0.156. The number of ketones is 1. The third kappa shape index (κ3) is 28.7. The largest absolute Gasteiger partial charge is 0.481 e. The lowest BCUT2D eigenvalue weighted by Gasteiger charge is -2.30. The number of anilines is 1. The van der Waals surface area contributed by atoms with Crippen LogP contribution in [0.25, 0.3) is 10.9 Å². The van der Waals surface area contributed by atoms with E-state index < -0.39 is 255 Å². The molecule has 15 amide bonds. The molecule has 23 N–H and O–H groups in total. The van der Waals surface area contributed by atoms with Crippen LogP contribution >= 0.6 is 0 Å². The minimum Gasteiger partial charge on any atom is -0.481 e. The Hall–Kier alpha value is -12.5. The average Bonchev–Trinajstić information content (AvgIpc) is 1.65. The number of rotatable bonds is 33. The van der Waals surface area contributed by atoms with Gasteiger partial charge in [0.15, 0.2) is 5.78 Å². The maximum atomic E-state index is 14.8. The van der Waals surface area contributed by atoms with E-state index in [1.54, 1.807) is 30.5 Å². The normalized spacial score (nSPS) is 21.8. The second kappa shape index (κ2) is 45.1. The Morgan fingerprint density at radius 3 is 1.82 bits per heavy atom. The number of nitrogens with one attached hydrogen (secondary N) is 13. The third-order valence-corrected chi connectivity index (χ3v) is 18.4. The van der Waals surface area contributed by atoms with Gasteiger partial charge in [-0.2, -0.15) is 0 Å². The van der Waals surface area contributed by atoms with Gasteiger partial charge in [-0.25, -0.2) is 4.79 Å². The number of amides is 15. The number of benzene rings is 2. The standard InChI is InChI=1S/C72H99N17O25/c1-5-6-7-8-9-10-11-22-53(93)80-44(25-38-31-76-42-20-15-13-17-39(38)42)65(106)83-45(27-52(75)92)66(107)84-47(30-59(101)102)67(108)88-61-37(4)114-72(113)49(26-51(91)40-18-12-14-19-41(40)74)86-70(111)60(35(2)24-57(97)98)87-68(109)50(34-90)81-55(95)32-77-63(104)46(29-58(99)100)82-62(103)36(3)89-56(96)28-48(71(89)112)85-64(105)43(21-16-23-73)79-54(94)33-78-69(61)110/h12-15,17-20,31,35-37,43-50,60-61,76,90H,5-11,16,21-30,32-34,73-74H2,1-4H3,(H2,75,92)(H,77,104)(H,78,110)(H,79,94)(H,80,93)(H,81,95)(H,82,103)(H,83,106)(H,84,107)(H,85,105)(H,86,111)(H,87,109)(H,88,108)(H,97,98)(H,99,100)(H,101,102)/t35-,36-,37?,43+,44+,45-,46+,47-,48?,49+,50-,60-,61?/m1/s1. The van der Waals surface area contributed by atoms with E-state index in [1.165, 1.54) is 24.3 Å². The van der Waals surface area contributed by atoms with Gasteiger partial charge in [0.25, 0.3) is 5.91 Å². The number of unbranched alkanes of at least 4 members (excludes halogenated alkanes) is 6. The number of carbonyl (C=O) groups excluding carboxylic acids is 17. The van der Waals surface area contributed by atoms with Crippen LogP contribution in [0.3, 0.4) is 0 Å². The predicted octanol–water partition coefficient (Wildman–Crippen LogP) is -5.45. The summed E-state index contributed by atoms with van der Waals surface area (Å²) >= 11 is 0. The summed E-state index contributed by atoms with van der Waals surface area (Å²) < 4.78 is 5.69. The Balaban J connectivity index is 1.58. The van der Waals surface area contributed by atoms with E-state index in [9.17, 15) is 116 Å². The van der Waals surface area contributed by atoms with E-state index in [2.05, 4.69) is 65.1 Å². The molecule has 5 rings (SSSR count). The number of carboxylic acids is 3. The number of carbonyl (C=O) groups is 20. The van der Waals surface area contributed by atoms with Crippen LogP contribution in [-0.2, 0) is 102 Å². The fraction of sp³-hybridized carbons (Fsp3) is 0.528. The fourth-order valence-electron chi connectivity index (χ4n) is 12.3. The second-order valence-corrected chi connectivity index (χ2v) is 27.4. The average molecular weight is 1600 g/mol. The van der Waals surface area contributed by atoms with Gasteiger partial charge >= 0.3 is 23.9 Å². The molecule has 0 aliphatic carbocycles. The molecule has 1 aromatic heterocycles. The molecule has 3 aromatic rings. The molecule has 622 valence electrons. The van der Waals surface area contributed by atoms with Crippen LogP contribution in [0.2, 0.25) is 0 Å². The summed E-state index contributed by atoms with van der Waals surface area (Å²) in [5, 5.41) is 67.2. The maximum absolute atomic E-state index is 14.8. The minimum atomic E-state index is -2.42. The Kier molecular flexibility index (Phi) is 36.5. The Bertz CT molecular complexity index is 4080. The first kappa shape index (κ1) is 92.1. The van der Waals surface area contributed by atoms with Crippen molar-refractivity contribution in [2.24, 2.45) is 17.4 Å². The first-order valence-corrected chi connectivity index (χ1v) is 36.8. The van der Waals surface area contributed by atoms with Gasteiger partial charge < -0.3 is 111 Å². The zero-order valence-corrected chi connectivity index (χ0v) is 63.1. The van der Waals surface area contributed by atoms with Gasteiger partial charge in [0.1, 0.15) is 72.6 Å². The molecule has 0 spiro atoms. The van der Waals surface area contributed by atoms with Crippen molar-refractivity contribution in [3.8, 4) is 0 Å². The van der Waals surface area contributed by atoms with Gasteiger partial charge in [0.05, 0.1) is 51.8 Å². The number of hydrogen-bond acceptors (Lipinski definition) is 24. The first-order valence-electron chi connectivity index (χ1n) is 36.8. The summed E-state index contributed by atoms with van der Waals surface area (Å²) in [6.45, 7) is 1.29. The quantitative estimate of drug-likeness (QED) is 0.00889. The molecule has 42 heteroatoms. The number of aliphatic carboxylic acids is 3. The van der Waals surface area contributed by atoms with Crippen molar-refractivity contribution in [1.29, 1.82) is 0 Å². The second-order valence-electron chi connectivity index (χ2n) is 27.4. The summed E-state index contributed by atoms with van der Waals surface area (Å²) in [5.74, 6) is -28.5. The lowest BCUT2D eigenvalue weighted by Crippen LogP contribution is -2.62. The highest BCUT2D eigenvalue weighted by atomic mass is 16.5. The maximum Gasteiger partial charge on any atom is 0.329 e. The summed E-state index contributed by atoms with van der Waals surface area (Å²) in [5.41, 5.74) is 18.1. The number of H-pyrrole nitrogens is 1. The number of hydrogen-bond donors (Lipinski definition) is 20. The number of aliphatic hydroxyl groups excluding tert-OH is 1. The van der Waals surface area contributed by atoms with Crippen LogP contribution in [0, 0.1) is 5.92 Å². The van der Waals surface area contributed by atoms with E-state index in [0.717, 1.165) is 52.9 Å². The molecule has 0 radical (unpaired) electrons. The van der Waals surface area contributed by atoms with Crippen molar-refractivity contribution in [3.63, 3.8) is 0 Å². The van der Waals surface area contributed by atoms with E-state index in [1.807, 2.05) is 10.6 Å². The number of nitrogens with zero attached hydrogens (tertiary/aromatic N) is 1. The van der Waals surface area contributed by atoms with Crippen molar-refractivity contribution in [2.45, 2.75) is 209 Å². The van der Waals surface area contributed by atoms with Gasteiger partial charge in [-0.3, -0.25) is 96.0 Å². The van der Waals surface area contributed by atoms with E-state index in [4.69, 9.17) is 21.9 Å². The van der Waals surface area contributed by atoms with Crippen LogP contribution in [0.1, 0.15) is 146 Å². The number of aromatic amines is 1. The number of esters is 1. The summed E-state index contributed by atoms with van der Waals surface area (Å²) in [6.07, 6.45) is -1.63. The SMILES string of the molecule is CCCCCCCCCC(=O)N[C@@H](Cc1c[nH]c2ccccc12)C(=O)N[C@H](CC(N)=O)C(=O)N[C@H](CC(=O)O)C(=O)NC1C(=O)NCC(=O)N[C@@H](CCCN)C(=O)NC2CC(=O)N(C2=O)[C@H](C)C(=O)N[C@@H](CC(=O)O)C(=O)NCC(=O)N[C@H](CO)C(=O)N[C@H]([C@H](C)CC(=O)O)C(=O)N[C@@H](CC(=O)c2ccccc2N)C(=O)OC1C. The fourth-order valence-corrected chi connectivity index (χ4v) is 12.3. The van der Waals surface area contributed by atoms with Crippen molar-refractivity contribution in [3.05, 3.63) is 65.9 Å². The zero-order valence-electron chi connectivity index (χ0n) is 63.1.